The second kappa shape index (κ2) is 6.82. The number of hydrogen-bond acceptors (Lipinski definition) is 6. The predicted molar refractivity (Wildman–Crippen MR) is 76.3 cm³/mol. The number of nitrogens with zero attached hydrogens (tertiary/aromatic N) is 1. The topological polar surface area (TPSA) is 131 Å². The standard InChI is InChI=1S/C13H23N3O6/c1-12(2,3)22-11(20)16-7-13(8-16,6-9(17)18)15-4-5-21-10(14)19/h15H,4-8H2,1-3H3,(H2,14,19)(H,17,18). The van der Waals surface area contributed by atoms with Gasteiger partial charge in [-0.3, -0.25) is 4.79 Å². The van der Waals surface area contributed by atoms with Crippen LogP contribution in [-0.2, 0) is 14.3 Å². The van der Waals surface area contributed by atoms with E-state index in [1.165, 1.54) is 4.90 Å². The summed E-state index contributed by atoms with van der Waals surface area (Å²) in [6.07, 6.45) is -1.52. The van der Waals surface area contributed by atoms with Gasteiger partial charge in [0.15, 0.2) is 0 Å². The Morgan fingerprint density at radius 3 is 2.36 bits per heavy atom. The lowest BCUT2D eigenvalue weighted by Crippen LogP contribution is -2.71. The molecule has 0 unspecified atom stereocenters. The van der Waals surface area contributed by atoms with Crippen LogP contribution in [0.25, 0.3) is 0 Å². The number of amides is 2. The normalized spacial score (nSPS) is 16.6. The van der Waals surface area contributed by atoms with Crippen molar-refractivity contribution in [2.75, 3.05) is 26.2 Å². The molecule has 0 aromatic heterocycles. The second-order valence-electron chi connectivity index (χ2n) is 6.28. The van der Waals surface area contributed by atoms with E-state index in [0.717, 1.165) is 0 Å². The molecule has 9 heteroatoms. The van der Waals surface area contributed by atoms with Crippen molar-refractivity contribution >= 4 is 18.2 Å². The zero-order valence-corrected chi connectivity index (χ0v) is 13.0. The van der Waals surface area contributed by atoms with Crippen LogP contribution in [0.3, 0.4) is 0 Å². The summed E-state index contributed by atoms with van der Waals surface area (Å²) in [5, 5.41) is 12.0. The number of likely N-dealkylation sites (tertiary alicyclic amines) is 1. The number of nitrogens with one attached hydrogen (secondary N) is 1. The van der Waals surface area contributed by atoms with E-state index in [9.17, 15) is 14.4 Å². The molecule has 0 radical (unpaired) electrons. The van der Waals surface area contributed by atoms with E-state index in [4.69, 9.17) is 15.6 Å². The largest absolute Gasteiger partial charge is 0.481 e. The van der Waals surface area contributed by atoms with Crippen molar-refractivity contribution in [1.82, 2.24) is 10.2 Å². The maximum absolute atomic E-state index is 11.9. The Morgan fingerprint density at radius 2 is 1.91 bits per heavy atom. The van der Waals surface area contributed by atoms with Crippen LogP contribution in [0.1, 0.15) is 27.2 Å². The summed E-state index contributed by atoms with van der Waals surface area (Å²) in [7, 11) is 0. The van der Waals surface area contributed by atoms with Gasteiger partial charge in [0.25, 0.3) is 0 Å². The molecule has 1 saturated heterocycles. The van der Waals surface area contributed by atoms with Crippen molar-refractivity contribution in [1.29, 1.82) is 0 Å². The van der Waals surface area contributed by atoms with Gasteiger partial charge in [0.2, 0.25) is 0 Å². The number of carbonyl (C=O) groups is 3. The lowest BCUT2D eigenvalue weighted by atomic mass is 9.86. The smallest absolute Gasteiger partial charge is 0.410 e. The quantitative estimate of drug-likeness (QED) is 0.593. The van der Waals surface area contributed by atoms with Crippen LogP contribution in [0.15, 0.2) is 0 Å². The van der Waals surface area contributed by atoms with Crippen molar-refractivity contribution in [2.24, 2.45) is 5.73 Å². The minimum atomic E-state index is -0.979. The van der Waals surface area contributed by atoms with Gasteiger partial charge in [0.1, 0.15) is 12.2 Å². The molecule has 22 heavy (non-hydrogen) atoms. The van der Waals surface area contributed by atoms with Crippen molar-refractivity contribution < 1.29 is 29.0 Å². The van der Waals surface area contributed by atoms with E-state index in [1.54, 1.807) is 20.8 Å². The molecule has 1 aliphatic heterocycles. The molecule has 0 atom stereocenters. The molecule has 0 saturated carbocycles. The van der Waals surface area contributed by atoms with E-state index in [-0.39, 0.29) is 32.7 Å². The molecule has 1 fully saturated rings. The maximum Gasteiger partial charge on any atom is 0.410 e. The summed E-state index contributed by atoms with van der Waals surface area (Å²) in [6.45, 7) is 5.98. The number of primary amides is 1. The summed E-state index contributed by atoms with van der Waals surface area (Å²) in [6, 6.07) is 0. The number of aliphatic carboxylic acids is 1. The van der Waals surface area contributed by atoms with Crippen LogP contribution in [0, 0.1) is 0 Å². The first kappa shape index (κ1) is 18.0. The average molecular weight is 317 g/mol. The Balaban J connectivity index is 2.50. The molecule has 0 bridgehead atoms. The average Bonchev–Trinajstić information content (AvgIpc) is 2.26. The fraction of sp³-hybridized carbons (Fsp3) is 0.769. The van der Waals surface area contributed by atoms with Crippen molar-refractivity contribution in [2.45, 2.75) is 38.3 Å². The number of rotatable bonds is 6. The lowest BCUT2D eigenvalue weighted by molar-refractivity contribution is -0.141. The Morgan fingerprint density at radius 1 is 1.32 bits per heavy atom. The summed E-state index contributed by atoms with van der Waals surface area (Å²) < 4.78 is 9.80. The number of ether oxygens (including phenoxy) is 2. The Hall–Kier alpha value is -2.03. The molecule has 1 aliphatic rings. The fourth-order valence-corrected chi connectivity index (χ4v) is 2.18. The number of carbonyl (C=O) groups excluding carboxylic acids is 2. The molecule has 0 aromatic carbocycles. The third-order valence-electron chi connectivity index (χ3n) is 2.97. The Kier molecular flexibility index (Phi) is 5.59. The molecule has 0 aromatic rings. The van der Waals surface area contributed by atoms with E-state index in [0.29, 0.717) is 0 Å². The van der Waals surface area contributed by atoms with Gasteiger partial charge in [-0.15, -0.1) is 0 Å². The number of carboxylic acid groups (broad SMARTS) is 1. The number of hydrogen-bond donors (Lipinski definition) is 3. The predicted octanol–water partition coefficient (Wildman–Crippen LogP) is 0.136. The summed E-state index contributed by atoms with van der Waals surface area (Å²) >= 11 is 0. The van der Waals surface area contributed by atoms with Gasteiger partial charge in [-0.2, -0.15) is 0 Å². The fourth-order valence-electron chi connectivity index (χ4n) is 2.18. The van der Waals surface area contributed by atoms with Crippen LogP contribution in [0.4, 0.5) is 9.59 Å². The first-order chi connectivity index (χ1) is 10.0. The molecule has 4 N–H and O–H groups in total. The molecular formula is C13H23N3O6. The molecule has 9 nitrogen and oxygen atoms in total. The monoisotopic (exact) mass is 317 g/mol. The van der Waals surface area contributed by atoms with Gasteiger partial charge in [0.05, 0.1) is 12.0 Å². The minimum absolute atomic E-state index is 0.0309. The highest BCUT2D eigenvalue weighted by atomic mass is 16.6. The van der Waals surface area contributed by atoms with E-state index in [1.807, 2.05) is 0 Å². The maximum atomic E-state index is 11.9. The summed E-state index contributed by atoms with van der Waals surface area (Å²) in [5.41, 5.74) is 3.49. The van der Waals surface area contributed by atoms with Crippen LogP contribution >= 0.6 is 0 Å². The second-order valence-corrected chi connectivity index (χ2v) is 6.28. The zero-order chi connectivity index (χ0) is 17.0. The summed E-state index contributed by atoms with van der Waals surface area (Å²) in [5.74, 6) is -0.979. The number of carboxylic acids is 1. The third-order valence-corrected chi connectivity index (χ3v) is 2.97. The van der Waals surface area contributed by atoms with E-state index in [2.05, 4.69) is 10.1 Å². The van der Waals surface area contributed by atoms with Crippen LogP contribution in [-0.4, -0.2) is 65.5 Å². The van der Waals surface area contributed by atoms with E-state index < -0.39 is 29.3 Å². The Labute approximate surface area is 128 Å². The van der Waals surface area contributed by atoms with Gasteiger partial charge in [-0.05, 0) is 20.8 Å². The summed E-state index contributed by atoms with van der Waals surface area (Å²) in [4.78, 5) is 34.7. The zero-order valence-electron chi connectivity index (χ0n) is 13.0. The highest BCUT2D eigenvalue weighted by Crippen LogP contribution is 2.26. The van der Waals surface area contributed by atoms with Gasteiger partial charge >= 0.3 is 18.2 Å². The van der Waals surface area contributed by atoms with Crippen molar-refractivity contribution in [3.63, 3.8) is 0 Å². The lowest BCUT2D eigenvalue weighted by Gasteiger charge is -2.49. The van der Waals surface area contributed by atoms with Gasteiger partial charge in [0, 0.05) is 19.6 Å². The van der Waals surface area contributed by atoms with Crippen LogP contribution in [0.5, 0.6) is 0 Å². The molecule has 126 valence electrons. The highest BCUT2D eigenvalue weighted by Gasteiger charge is 2.47. The SMILES string of the molecule is CC(C)(C)OC(=O)N1CC(CC(=O)O)(NCCOC(N)=O)C1. The molecule has 0 aliphatic carbocycles. The minimum Gasteiger partial charge on any atom is -0.481 e. The van der Waals surface area contributed by atoms with Crippen LogP contribution < -0.4 is 11.1 Å². The first-order valence-electron chi connectivity index (χ1n) is 6.90. The van der Waals surface area contributed by atoms with Crippen molar-refractivity contribution in [3.8, 4) is 0 Å². The van der Waals surface area contributed by atoms with Gasteiger partial charge < -0.3 is 30.5 Å². The Bertz CT molecular complexity index is 440. The first-order valence-corrected chi connectivity index (χ1v) is 6.90. The molecule has 2 amide bonds. The third kappa shape index (κ3) is 5.76. The van der Waals surface area contributed by atoms with Crippen LogP contribution in [0.2, 0.25) is 0 Å². The molecule has 0 spiro atoms. The van der Waals surface area contributed by atoms with Gasteiger partial charge in [-0.1, -0.05) is 0 Å². The molecular weight excluding hydrogens is 294 g/mol. The molecule has 1 heterocycles. The van der Waals surface area contributed by atoms with E-state index >= 15 is 0 Å². The highest BCUT2D eigenvalue weighted by molar-refractivity contribution is 5.73. The molecule has 1 rings (SSSR count). The van der Waals surface area contributed by atoms with Gasteiger partial charge in [-0.25, -0.2) is 9.59 Å². The van der Waals surface area contributed by atoms with Crippen molar-refractivity contribution in [3.05, 3.63) is 0 Å². The number of nitrogens with two attached hydrogens (primary N) is 1.